The van der Waals surface area contributed by atoms with Crippen LogP contribution in [-0.4, -0.2) is 51.0 Å². The number of aromatic nitrogens is 5. The molecule has 3 fully saturated rings. The van der Waals surface area contributed by atoms with Crippen LogP contribution in [0.4, 0.5) is 10.2 Å². The number of ether oxygens (including phenoxy) is 2. The summed E-state index contributed by atoms with van der Waals surface area (Å²) in [7, 11) is 0. The molecule has 3 aromatic rings. The molecule has 2 bridgehead atoms. The van der Waals surface area contributed by atoms with Crippen molar-refractivity contribution in [3.63, 3.8) is 0 Å². The van der Waals surface area contributed by atoms with E-state index in [1.54, 1.807) is 17.1 Å². The van der Waals surface area contributed by atoms with Gasteiger partial charge in [-0.05, 0) is 49.7 Å². The lowest BCUT2D eigenvalue weighted by Gasteiger charge is -2.38. The van der Waals surface area contributed by atoms with Gasteiger partial charge in [0.15, 0.2) is 5.82 Å². The second kappa shape index (κ2) is 8.78. The van der Waals surface area contributed by atoms with Crippen LogP contribution in [0.2, 0.25) is 5.02 Å². The first-order chi connectivity index (χ1) is 16.5. The number of fused-ring (bicyclic) bond motifs is 2. The number of nitrogens with zero attached hydrogens (tertiary/aromatic N) is 6. The van der Waals surface area contributed by atoms with E-state index >= 15 is 0 Å². The van der Waals surface area contributed by atoms with Crippen molar-refractivity contribution in [2.75, 3.05) is 31.2 Å². The average Bonchev–Trinajstić information content (AvgIpc) is 3.25. The second-order valence-electron chi connectivity index (χ2n) is 9.51. The maximum Gasteiger partial charge on any atom is 0.321 e. The molecule has 2 aromatic heterocycles. The maximum atomic E-state index is 13.6. The maximum absolute atomic E-state index is 13.6. The Morgan fingerprint density at radius 3 is 2.62 bits per heavy atom. The molecule has 2 aliphatic heterocycles. The summed E-state index contributed by atoms with van der Waals surface area (Å²) < 4.78 is 26.7. The number of halogens is 2. The topological polar surface area (TPSA) is 78.2 Å². The number of aryl methyl sites for hydroxylation is 1. The van der Waals surface area contributed by atoms with Crippen LogP contribution in [-0.2, 0) is 11.2 Å². The van der Waals surface area contributed by atoms with E-state index in [1.165, 1.54) is 25.0 Å². The van der Waals surface area contributed by atoms with Gasteiger partial charge in [-0.25, -0.2) is 19.0 Å². The lowest BCUT2D eigenvalue weighted by Crippen LogP contribution is -2.43. The van der Waals surface area contributed by atoms with E-state index < -0.39 is 5.82 Å². The first kappa shape index (κ1) is 21.7. The molecule has 1 aliphatic carbocycles. The fourth-order valence-electron chi connectivity index (χ4n) is 5.44. The lowest BCUT2D eigenvalue weighted by atomic mass is 9.82. The van der Waals surface area contributed by atoms with E-state index in [-0.39, 0.29) is 11.1 Å². The molecule has 0 spiro atoms. The minimum Gasteiger partial charge on any atom is -0.424 e. The van der Waals surface area contributed by atoms with Gasteiger partial charge in [-0.1, -0.05) is 11.6 Å². The molecule has 4 heterocycles. The summed E-state index contributed by atoms with van der Waals surface area (Å²) in [5, 5.41) is 4.82. The Morgan fingerprint density at radius 1 is 1.15 bits per heavy atom. The smallest absolute Gasteiger partial charge is 0.321 e. The van der Waals surface area contributed by atoms with E-state index in [0.29, 0.717) is 42.7 Å². The molecule has 6 rings (SSSR count). The lowest BCUT2D eigenvalue weighted by molar-refractivity contribution is -0.0314. The number of benzene rings is 1. The van der Waals surface area contributed by atoms with Gasteiger partial charge >= 0.3 is 6.01 Å². The molecule has 2 saturated heterocycles. The Kier molecular flexibility index (Phi) is 5.61. The summed E-state index contributed by atoms with van der Waals surface area (Å²) in [6.45, 7) is 5.14. The van der Waals surface area contributed by atoms with Gasteiger partial charge in [-0.3, -0.25) is 0 Å². The van der Waals surface area contributed by atoms with Crippen molar-refractivity contribution < 1.29 is 13.9 Å². The standard InChI is InChI=1S/C24H26ClFN6O2/c1-14-6-23(28-13-27-14)31-9-15-2-3-16(10-31)19(15)8-22-29-24(32(30-22)17-11-33-12-17)34-18-4-5-21(26)20(25)7-18/h4-7,13,15-17,19H,2-3,8-12H2,1H3/t15-,16+,19?. The summed E-state index contributed by atoms with van der Waals surface area (Å²) in [4.78, 5) is 15.9. The predicted molar refractivity (Wildman–Crippen MR) is 124 cm³/mol. The Hall–Kier alpha value is -2.78. The van der Waals surface area contributed by atoms with Crippen molar-refractivity contribution in [3.05, 3.63) is 53.0 Å². The fourth-order valence-corrected chi connectivity index (χ4v) is 5.61. The molecule has 0 radical (unpaired) electrons. The average molecular weight is 485 g/mol. The highest BCUT2D eigenvalue weighted by molar-refractivity contribution is 6.30. The van der Waals surface area contributed by atoms with Crippen LogP contribution in [0.15, 0.2) is 30.6 Å². The first-order valence-corrected chi connectivity index (χ1v) is 12.1. The van der Waals surface area contributed by atoms with E-state index in [2.05, 4.69) is 20.9 Å². The van der Waals surface area contributed by atoms with Gasteiger partial charge in [0, 0.05) is 37.3 Å². The summed E-state index contributed by atoms with van der Waals surface area (Å²) in [5.74, 6) is 3.43. The van der Waals surface area contributed by atoms with Crippen molar-refractivity contribution in [2.24, 2.45) is 17.8 Å². The Morgan fingerprint density at radius 2 is 1.94 bits per heavy atom. The highest BCUT2D eigenvalue weighted by atomic mass is 35.5. The Balaban J connectivity index is 1.20. The van der Waals surface area contributed by atoms with Crippen LogP contribution >= 0.6 is 11.6 Å². The van der Waals surface area contributed by atoms with Gasteiger partial charge in [0.2, 0.25) is 0 Å². The van der Waals surface area contributed by atoms with Crippen LogP contribution in [0.25, 0.3) is 0 Å². The third-order valence-electron chi connectivity index (χ3n) is 7.27. The summed E-state index contributed by atoms with van der Waals surface area (Å²) in [6, 6.07) is 6.84. The van der Waals surface area contributed by atoms with Gasteiger partial charge < -0.3 is 14.4 Å². The molecule has 178 valence electrons. The molecular formula is C24H26ClFN6O2. The quantitative estimate of drug-likeness (QED) is 0.518. The number of piperidine rings is 1. The molecule has 1 saturated carbocycles. The molecule has 3 aliphatic rings. The Bertz CT molecular complexity index is 1190. The van der Waals surface area contributed by atoms with Crippen molar-refractivity contribution in [2.45, 2.75) is 32.2 Å². The van der Waals surface area contributed by atoms with Crippen molar-refractivity contribution in [1.29, 1.82) is 0 Å². The molecule has 0 amide bonds. The van der Waals surface area contributed by atoms with Gasteiger partial charge in [-0.2, -0.15) is 10.1 Å². The van der Waals surface area contributed by atoms with Crippen LogP contribution in [0.5, 0.6) is 11.8 Å². The number of anilines is 1. The number of rotatable bonds is 6. The minimum absolute atomic E-state index is 0.0120. The van der Waals surface area contributed by atoms with E-state index in [4.69, 9.17) is 31.2 Å². The molecule has 1 aromatic carbocycles. The number of hydrogen-bond acceptors (Lipinski definition) is 7. The van der Waals surface area contributed by atoms with E-state index in [1.807, 2.05) is 6.92 Å². The van der Waals surface area contributed by atoms with E-state index in [0.717, 1.165) is 36.8 Å². The summed E-state index contributed by atoms with van der Waals surface area (Å²) in [5.41, 5.74) is 0.990. The van der Waals surface area contributed by atoms with Crippen LogP contribution in [0.1, 0.15) is 30.4 Å². The molecular weight excluding hydrogens is 459 g/mol. The molecule has 0 N–H and O–H groups in total. The highest BCUT2D eigenvalue weighted by Crippen LogP contribution is 2.44. The summed E-state index contributed by atoms with van der Waals surface area (Å²) in [6.07, 6.45) is 4.89. The van der Waals surface area contributed by atoms with Gasteiger partial charge in [-0.15, -0.1) is 0 Å². The zero-order valence-electron chi connectivity index (χ0n) is 18.9. The molecule has 34 heavy (non-hydrogen) atoms. The number of hydrogen-bond donors (Lipinski definition) is 0. The zero-order chi connectivity index (χ0) is 23.2. The zero-order valence-corrected chi connectivity index (χ0v) is 19.7. The van der Waals surface area contributed by atoms with Crippen molar-refractivity contribution >= 4 is 17.4 Å². The Labute approximate surface area is 202 Å². The van der Waals surface area contributed by atoms with Gasteiger partial charge in [0.25, 0.3) is 0 Å². The first-order valence-electron chi connectivity index (χ1n) is 11.7. The predicted octanol–water partition coefficient (Wildman–Crippen LogP) is 4.24. The van der Waals surface area contributed by atoms with Crippen molar-refractivity contribution in [1.82, 2.24) is 24.7 Å². The van der Waals surface area contributed by atoms with Crippen LogP contribution in [0.3, 0.4) is 0 Å². The molecule has 8 nitrogen and oxygen atoms in total. The largest absolute Gasteiger partial charge is 0.424 e. The second-order valence-corrected chi connectivity index (χ2v) is 9.92. The third kappa shape index (κ3) is 4.11. The van der Waals surface area contributed by atoms with Crippen LogP contribution in [0, 0.1) is 30.5 Å². The molecule has 1 unspecified atom stereocenters. The van der Waals surface area contributed by atoms with E-state index in [9.17, 15) is 4.39 Å². The highest BCUT2D eigenvalue weighted by Gasteiger charge is 2.43. The fraction of sp³-hybridized carbons (Fsp3) is 0.500. The molecule has 3 atom stereocenters. The SMILES string of the molecule is Cc1cc(N2C[C@H]3CC[C@@H](C2)C3Cc2nc(Oc3ccc(F)c(Cl)c3)n(C3COC3)n2)ncn1. The summed E-state index contributed by atoms with van der Waals surface area (Å²) >= 11 is 5.93. The molecule has 10 heteroatoms. The third-order valence-corrected chi connectivity index (χ3v) is 7.56. The van der Waals surface area contributed by atoms with Crippen molar-refractivity contribution in [3.8, 4) is 11.8 Å². The van der Waals surface area contributed by atoms with Gasteiger partial charge in [0.1, 0.15) is 29.8 Å². The normalized spacial score (nSPS) is 24.3. The van der Waals surface area contributed by atoms with Crippen LogP contribution < -0.4 is 9.64 Å². The minimum atomic E-state index is -0.484. The van der Waals surface area contributed by atoms with Gasteiger partial charge in [0.05, 0.1) is 18.2 Å². The monoisotopic (exact) mass is 484 g/mol.